The fourth-order valence-corrected chi connectivity index (χ4v) is 4.56. The fourth-order valence-electron chi connectivity index (χ4n) is 3.12. The van der Waals surface area contributed by atoms with Gasteiger partial charge in [-0.05, 0) is 37.3 Å². The van der Waals surface area contributed by atoms with Crippen LogP contribution in [0.2, 0.25) is 19.6 Å². The molecule has 0 spiro atoms. The third-order valence-electron chi connectivity index (χ3n) is 4.12. The van der Waals surface area contributed by atoms with Gasteiger partial charge in [-0.1, -0.05) is 19.1 Å². The van der Waals surface area contributed by atoms with Crippen molar-refractivity contribution in [2.45, 2.75) is 38.3 Å². The SMILES string of the molecule is COC(=O)[C@@H]1[C@H](C)[C@]1(O[Si](C)(C)C)c1ccc(C(F)(F)F)cc1. The number of hydrogen-bond acceptors (Lipinski definition) is 3. The minimum absolute atomic E-state index is 0.140. The molecule has 0 N–H and O–H groups in total. The molecule has 1 aliphatic rings. The predicted octanol–water partition coefficient (Wildman–Crippen LogP) is 4.19. The molecule has 0 aliphatic heterocycles. The molecule has 1 aliphatic carbocycles. The normalized spacial score (nSPS) is 27.7. The molecule has 0 aromatic heterocycles. The molecular formula is C16H21F3O3Si. The Bertz CT molecular complexity index is 592. The number of carbonyl (C=O) groups excluding carboxylic acids is 1. The van der Waals surface area contributed by atoms with Crippen molar-refractivity contribution in [3.63, 3.8) is 0 Å². The van der Waals surface area contributed by atoms with Crippen molar-refractivity contribution in [2.75, 3.05) is 7.11 Å². The summed E-state index contributed by atoms with van der Waals surface area (Å²) in [5, 5.41) is 0. The summed E-state index contributed by atoms with van der Waals surface area (Å²) >= 11 is 0. The van der Waals surface area contributed by atoms with Gasteiger partial charge in [0.2, 0.25) is 0 Å². The number of halogens is 3. The van der Waals surface area contributed by atoms with Crippen molar-refractivity contribution in [3.05, 3.63) is 35.4 Å². The van der Waals surface area contributed by atoms with Crippen LogP contribution in [-0.4, -0.2) is 21.4 Å². The quantitative estimate of drug-likeness (QED) is 0.606. The summed E-state index contributed by atoms with van der Waals surface area (Å²) in [4.78, 5) is 12.0. The first-order valence-electron chi connectivity index (χ1n) is 7.39. The molecule has 128 valence electrons. The minimum Gasteiger partial charge on any atom is -0.469 e. The van der Waals surface area contributed by atoms with E-state index in [9.17, 15) is 18.0 Å². The second kappa shape index (κ2) is 5.63. The zero-order valence-electron chi connectivity index (χ0n) is 13.8. The molecule has 23 heavy (non-hydrogen) atoms. The highest BCUT2D eigenvalue weighted by atomic mass is 28.4. The van der Waals surface area contributed by atoms with Gasteiger partial charge < -0.3 is 9.16 Å². The molecule has 0 bridgehead atoms. The molecule has 1 fully saturated rings. The lowest BCUT2D eigenvalue weighted by atomic mass is 10.0. The third kappa shape index (κ3) is 3.30. The van der Waals surface area contributed by atoms with E-state index in [1.54, 1.807) is 0 Å². The molecule has 0 amide bonds. The molecule has 1 aromatic rings. The largest absolute Gasteiger partial charge is 0.469 e. The Labute approximate surface area is 134 Å². The molecule has 0 heterocycles. The van der Waals surface area contributed by atoms with Crippen molar-refractivity contribution in [1.29, 1.82) is 0 Å². The average molecular weight is 346 g/mol. The van der Waals surface area contributed by atoms with Crippen molar-refractivity contribution >= 4 is 14.3 Å². The van der Waals surface area contributed by atoms with Crippen LogP contribution in [0.15, 0.2) is 24.3 Å². The minimum atomic E-state index is -4.39. The maximum Gasteiger partial charge on any atom is 0.416 e. The van der Waals surface area contributed by atoms with Crippen molar-refractivity contribution in [2.24, 2.45) is 11.8 Å². The summed E-state index contributed by atoms with van der Waals surface area (Å²) in [5.41, 5.74) is -1.01. The van der Waals surface area contributed by atoms with Crippen LogP contribution in [0.1, 0.15) is 18.1 Å². The zero-order valence-corrected chi connectivity index (χ0v) is 14.8. The first-order valence-corrected chi connectivity index (χ1v) is 10.8. The number of carbonyl (C=O) groups is 1. The molecular weight excluding hydrogens is 325 g/mol. The first-order chi connectivity index (χ1) is 10.4. The van der Waals surface area contributed by atoms with Gasteiger partial charge in [-0.15, -0.1) is 0 Å². The van der Waals surface area contributed by atoms with Gasteiger partial charge in [-0.2, -0.15) is 13.2 Å². The second-order valence-corrected chi connectivity index (χ2v) is 11.3. The van der Waals surface area contributed by atoms with Crippen LogP contribution in [0.5, 0.6) is 0 Å². The Balaban J connectivity index is 2.42. The summed E-state index contributed by atoms with van der Waals surface area (Å²) < 4.78 is 49.3. The van der Waals surface area contributed by atoms with Crippen LogP contribution in [-0.2, 0) is 25.7 Å². The molecule has 0 saturated heterocycles. The highest BCUT2D eigenvalue weighted by Gasteiger charge is 2.69. The van der Waals surface area contributed by atoms with Crippen LogP contribution in [0.4, 0.5) is 13.2 Å². The van der Waals surface area contributed by atoms with Crippen LogP contribution >= 0.6 is 0 Å². The highest BCUT2D eigenvalue weighted by Crippen LogP contribution is 2.62. The van der Waals surface area contributed by atoms with E-state index in [2.05, 4.69) is 0 Å². The molecule has 3 nitrogen and oxygen atoms in total. The number of methoxy groups -OCH3 is 1. The van der Waals surface area contributed by atoms with Crippen LogP contribution in [0, 0.1) is 11.8 Å². The summed E-state index contributed by atoms with van der Waals surface area (Å²) in [5.74, 6) is -1.02. The van der Waals surface area contributed by atoms with E-state index in [4.69, 9.17) is 9.16 Å². The topological polar surface area (TPSA) is 35.5 Å². The number of alkyl halides is 3. The maximum atomic E-state index is 12.7. The van der Waals surface area contributed by atoms with Crippen LogP contribution in [0.25, 0.3) is 0 Å². The third-order valence-corrected chi connectivity index (χ3v) is 5.07. The lowest BCUT2D eigenvalue weighted by molar-refractivity contribution is -0.144. The fraction of sp³-hybridized carbons (Fsp3) is 0.562. The van der Waals surface area contributed by atoms with E-state index in [1.807, 2.05) is 26.6 Å². The van der Waals surface area contributed by atoms with Gasteiger partial charge in [0.25, 0.3) is 0 Å². The second-order valence-electron chi connectivity index (χ2n) is 6.87. The van der Waals surface area contributed by atoms with Gasteiger partial charge in [0.15, 0.2) is 8.32 Å². The van der Waals surface area contributed by atoms with E-state index in [0.717, 1.165) is 12.1 Å². The zero-order chi connectivity index (χ0) is 17.6. The van der Waals surface area contributed by atoms with Gasteiger partial charge in [0.05, 0.1) is 24.2 Å². The van der Waals surface area contributed by atoms with E-state index in [0.29, 0.717) is 5.56 Å². The summed E-state index contributed by atoms with van der Waals surface area (Å²) in [6.45, 7) is 7.81. The first kappa shape index (κ1) is 18.0. The monoisotopic (exact) mass is 346 g/mol. The summed E-state index contributed by atoms with van der Waals surface area (Å²) in [6, 6.07) is 4.87. The highest BCUT2D eigenvalue weighted by molar-refractivity contribution is 6.69. The van der Waals surface area contributed by atoms with Crippen molar-refractivity contribution < 1.29 is 27.1 Å². The summed E-state index contributed by atoms with van der Waals surface area (Å²) in [7, 11) is -0.730. The Kier molecular flexibility index (Phi) is 4.41. The number of rotatable bonds is 4. The smallest absolute Gasteiger partial charge is 0.416 e. The van der Waals surface area contributed by atoms with Gasteiger partial charge in [0, 0.05) is 5.92 Å². The molecule has 2 rings (SSSR count). The van der Waals surface area contributed by atoms with E-state index < -0.39 is 37.5 Å². The molecule has 0 radical (unpaired) electrons. The molecule has 3 atom stereocenters. The Morgan fingerprint density at radius 1 is 1.17 bits per heavy atom. The van der Waals surface area contributed by atoms with Crippen molar-refractivity contribution in [1.82, 2.24) is 0 Å². The number of esters is 1. The van der Waals surface area contributed by atoms with Gasteiger partial charge in [-0.25, -0.2) is 0 Å². The Morgan fingerprint density at radius 2 is 1.70 bits per heavy atom. The number of hydrogen-bond donors (Lipinski definition) is 0. The molecule has 1 aromatic carbocycles. The van der Waals surface area contributed by atoms with E-state index in [1.165, 1.54) is 19.2 Å². The maximum absolute atomic E-state index is 12.7. The Hall–Kier alpha value is -1.34. The predicted molar refractivity (Wildman–Crippen MR) is 82.2 cm³/mol. The summed E-state index contributed by atoms with van der Waals surface area (Å²) in [6.07, 6.45) is -4.39. The van der Waals surface area contributed by atoms with Gasteiger partial charge in [-0.3, -0.25) is 4.79 Å². The van der Waals surface area contributed by atoms with Crippen molar-refractivity contribution in [3.8, 4) is 0 Å². The van der Waals surface area contributed by atoms with Gasteiger partial charge in [0.1, 0.15) is 0 Å². The molecule has 1 saturated carbocycles. The van der Waals surface area contributed by atoms with E-state index in [-0.39, 0.29) is 5.92 Å². The lowest BCUT2D eigenvalue weighted by Crippen LogP contribution is -2.35. The van der Waals surface area contributed by atoms with E-state index >= 15 is 0 Å². The number of benzene rings is 1. The molecule has 7 heteroatoms. The Morgan fingerprint density at radius 3 is 2.09 bits per heavy atom. The lowest BCUT2D eigenvalue weighted by Gasteiger charge is -2.28. The van der Waals surface area contributed by atoms with Gasteiger partial charge >= 0.3 is 12.1 Å². The standard InChI is InChI=1S/C16H21F3O3Si/c1-10-13(14(20)21-2)15(10,22-23(3,4)5)11-6-8-12(9-7-11)16(17,18)19/h6-10,13H,1-5H3/t10-,13-,15-/m0/s1. The number of ether oxygens (including phenoxy) is 1. The van der Waals surface area contributed by atoms with Crippen LogP contribution < -0.4 is 0 Å². The average Bonchev–Trinajstić information content (AvgIpc) is 3.00. The molecule has 0 unspecified atom stereocenters. The van der Waals surface area contributed by atoms with Crippen LogP contribution in [0.3, 0.4) is 0 Å².